The van der Waals surface area contributed by atoms with Crippen LogP contribution >= 0.6 is 0 Å². The smallest absolute Gasteiger partial charge is 0.0379 e. The van der Waals surface area contributed by atoms with Gasteiger partial charge in [0.2, 0.25) is 0 Å². The van der Waals surface area contributed by atoms with Crippen molar-refractivity contribution in [2.45, 2.75) is 6.92 Å². The average Bonchev–Trinajstić information content (AvgIpc) is 2.47. The maximum absolute atomic E-state index is 7.51. The Morgan fingerprint density at radius 3 is 2.10 bits per heavy atom. The Labute approximate surface area is 122 Å². The summed E-state index contributed by atoms with van der Waals surface area (Å²) in [5.41, 5.74) is 2.58. The van der Waals surface area contributed by atoms with E-state index in [-0.39, 0.29) is 0 Å². The van der Waals surface area contributed by atoms with E-state index in [2.05, 4.69) is 25.1 Å². The molecular weight excluding hydrogens is 244 g/mol. The molecule has 0 aliphatic heterocycles. The predicted octanol–water partition coefficient (Wildman–Crippen LogP) is 4.61. The summed E-state index contributed by atoms with van der Waals surface area (Å²) in [4.78, 5) is 0. The first-order valence-electron chi connectivity index (χ1n) is 6.28. The van der Waals surface area contributed by atoms with Crippen molar-refractivity contribution >= 4 is 6.21 Å². The van der Waals surface area contributed by atoms with Gasteiger partial charge in [-0.25, -0.2) is 0 Å². The Kier molecular flexibility index (Phi) is 9.98. The molecular formula is C18H22N2. The molecule has 2 N–H and O–H groups in total. The Balaban J connectivity index is 5.18. The minimum absolute atomic E-state index is 0.771. The van der Waals surface area contributed by atoms with E-state index >= 15 is 0 Å². The predicted molar refractivity (Wildman–Crippen MR) is 90.7 cm³/mol. The van der Waals surface area contributed by atoms with Crippen molar-refractivity contribution < 1.29 is 0 Å². The van der Waals surface area contributed by atoms with Crippen LogP contribution in [0.5, 0.6) is 0 Å². The Morgan fingerprint density at radius 2 is 1.60 bits per heavy atom. The molecule has 0 aromatic rings. The summed E-state index contributed by atoms with van der Waals surface area (Å²) in [6.45, 7) is 12.9. The fraction of sp³-hybridized carbons (Fsp3) is 0.0556. The van der Waals surface area contributed by atoms with Gasteiger partial charge in [-0.2, -0.15) is 0 Å². The zero-order valence-corrected chi connectivity index (χ0v) is 12.0. The van der Waals surface area contributed by atoms with Crippen molar-refractivity contribution in [3.8, 4) is 0 Å². The van der Waals surface area contributed by atoms with Gasteiger partial charge in [-0.15, -0.1) is 0 Å². The van der Waals surface area contributed by atoms with Crippen LogP contribution in [0.15, 0.2) is 97.5 Å². The molecule has 0 unspecified atom stereocenters. The third kappa shape index (κ3) is 6.97. The standard InChI is InChI=1S/C18H22N2/c1-5-9-12-16(8-4)17(14-19)15-20-18(11-7-3)13-10-6-2/h5-15,19-20H,1-3H2,4H3/b12-9-,13-10-,16-8+,17-15+,18-11+,19-14?. The highest BCUT2D eigenvalue weighted by Gasteiger charge is 1.97. The molecule has 0 fully saturated rings. The summed E-state index contributed by atoms with van der Waals surface area (Å²) in [6.07, 6.45) is 19.4. The Bertz CT molecular complexity index is 498. The minimum Gasteiger partial charge on any atom is -0.361 e. The van der Waals surface area contributed by atoms with E-state index in [9.17, 15) is 0 Å². The molecule has 0 amide bonds. The monoisotopic (exact) mass is 266 g/mol. The third-order valence-electron chi connectivity index (χ3n) is 2.32. The van der Waals surface area contributed by atoms with Gasteiger partial charge >= 0.3 is 0 Å². The highest BCUT2D eigenvalue weighted by molar-refractivity contribution is 5.83. The number of rotatable bonds is 9. The molecule has 20 heavy (non-hydrogen) atoms. The van der Waals surface area contributed by atoms with E-state index in [1.165, 1.54) is 6.21 Å². The zero-order valence-electron chi connectivity index (χ0n) is 12.0. The van der Waals surface area contributed by atoms with E-state index < -0.39 is 0 Å². The van der Waals surface area contributed by atoms with Gasteiger partial charge in [0.1, 0.15) is 0 Å². The van der Waals surface area contributed by atoms with Gasteiger partial charge in [-0.05, 0) is 24.6 Å². The van der Waals surface area contributed by atoms with Crippen LogP contribution in [-0.2, 0) is 0 Å². The molecule has 0 atom stereocenters. The normalized spacial score (nSPS) is 13.6. The molecule has 0 spiro atoms. The number of hydrogen-bond donors (Lipinski definition) is 2. The first-order valence-corrected chi connectivity index (χ1v) is 6.28. The van der Waals surface area contributed by atoms with E-state index in [1.54, 1.807) is 24.4 Å². The van der Waals surface area contributed by atoms with Gasteiger partial charge in [0, 0.05) is 23.7 Å². The Hall–Kier alpha value is -2.61. The molecule has 0 aromatic heterocycles. The molecule has 0 saturated heterocycles. The molecule has 0 aliphatic rings. The van der Waals surface area contributed by atoms with Crippen LogP contribution in [0.4, 0.5) is 0 Å². The summed E-state index contributed by atoms with van der Waals surface area (Å²) >= 11 is 0. The summed E-state index contributed by atoms with van der Waals surface area (Å²) in [5.74, 6) is 0. The second-order valence-electron chi connectivity index (χ2n) is 3.68. The fourth-order valence-corrected chi connectivity index (χ4v) is 1.35. The van der Waals surface area contributed by atoms with E-state index in [0.29, 0.717) is 0 Å². The first kappa shape index (κ1) is 17.4. The molecule has 0 saturated carbocycles. The number of allylic oxidation sites excluding steroid dienone is 11. The van der Waals surface area contributed by atoms with Crippen molar-refractivity contribution in [1.29, 1.82) is 5.41 Å². The average molecular weight is 266 g/mol. The van der Waals surface area contributed by atoms with Crippen molar-refractivity contribution in [2.75, 3.05) is 0 Å². The highest BCUT2D eigenvalue weighted by atomic mass is 14.8. The maximum atomic E-state index is 7.51. The van der Waals surface area contributed by atoms with Crippen LogP contribution < -0.4 is 5.32 Å². The molecule has 0 heterocycles. The minimum atomic E-state index is 0.771. The van der Waals surface area contributed by atoms with Gasteiger partial charge in [0.05, 0.1) is 0 Å². The lowest BCUT2D eigenvalue weighted by Gasteiger charge is -2.05. The summed E-state index contributed by atoms with van der Waals surface area (Å²) < 4.78 is 0. The van der Waals surface area contributed by atoms with Crippen LogP contribution in [-0.4, -0.2) is 6.21 Å². The molecule has 2 heteroatoms. The lowest BCUT2D eigenvalue weighted by atomic mass is 10.1. The molecule has 2 nitrogen and oxygen atoms in total. The van der Waals surface area contributed by atoms with Crippen molar-refractivity contribution in [3.05, 3.63) is 97.5 Å². The van der Waals surface area contributed by atoms with Gasteiger partial charge in [0.25, 0.3) is 0 Å². The van der Waals surface area contributed by atoms with E-state index in [4.69, 9.17) is 5.41 Å². The Morgan fingerprint density at radius 1 is 0.950 bits per heavy atom. The topological polar surface area (TPSA) is 35.9 Å². The lowest BCUT2D eigenvalue weighted by molar-refractivity contribution is 1.10. The van der Waals surface area contributed by atoms with E-state index in [1.807, 2.05) is 43.4 Å². The largest absolute Gasteiger partial charge is 0.361 e. The zero-order chi connectivity index (χ0) is 15.2. The SMILES string of the molecule is C=C/C=C\C(=C/C=C)N/C=C(C=N)/C(/C=C\C=C)=C/C. The molecule has 0 aliphatic carbocycles. The molecule has 0 radical (unpaired) electrons. The van der Waals surface area contributed by atoms with Crippen molar-refractivity contribution in [2.24, 2.45) is 0 Å². The first-order chi connectivity index (χ1) is 9.73. The highest BCUT2D eigenvalue weighted by Crippen LogP contribution is 2.09. The quantitative estimate of drug-likeness (QED) is 0.464. The van der Waals surface area contributed by atoms with Gasteiger partial charge in [-0.3, -0.25) is 0 Å². The van der Waals surface area contributed by atoms with Gasteiger partial charge in [-0.1, -0.05) is 62.3 Å². The maximum Gasteiger partial charge on any atom is 0.0379 e. The van der Waals surface area contributed by atoms with Crippen molar-refractivity contribution in [1.82, 2.24) is 5.32 Å². The number of hydrogen-bond acceptors (Lipinski definition) is 2. The summed E-state index contributed by atoms with van der Waals surface area (Å²) in [7, 11) is 0. The van der Waals surface area contributed by atoms with Crippen LogP contribution in [0.2, 0.25) is 0 Å². The van der Waals surface area contributed by atoms with Gasteiger partial charge < -0.3 is 10.7 Å². The van der Waals surface area contributed by atoms with Crippen molar-refractivity contribution in [3.63, 3.8) is 0 Å². The molecule has 0 rings (SSSR count). The third-order valence-corrected chi connectivity index (χ3v) is 2.32. The second kappa shape index (κ2) is 11.5. The van der Waals surface area contributed by atoms with Crippen LogP contribution in [0.3, 0.4) is 0 Å². The van der Waals surface area contributed by atoms with E-state index in [0.717, 1.165) is 16.8 Å². The van der Waals surface area contributed by atoms with Gasteiger partial charge in [0.15, 0.2) is 0 Å². The second-order valence-corrected chi connectivity index (χ2v) is 3.68. The van der Waals surface area contributed by atoms with Crippen LogP contribution in [0.25, 0.3) is 0 Å². The summed E-state index contributed by atoms with van der Waals surface area (Å²) in [6, 6.07) is 0. The molecule has 0 bridgehead atoms. The van der Waals surface area contributed by atoms with Crippen LogP contribution in [0, 0.1) is 5.41 Å². The van der Waals surface area contributed by atoms with Crippen LogP contribution in [0.1, 0.15) is 6.92 Å². The molecule has 104 valence electrons. The number of nitrogens with one attached hydrogen (secondary N) is 2. The lowest BCUT2D eigenvalue weighted by Crippen LogP contribution is -2.05. The fourth-order valence-electron chi connectivity index (χ4n) is 1.35. The molecule has 0 aromatic carbocycles. The summed E-state index contributed by atoms with van der Waals surface area (Å²) in [5, 5.41) is 10.6.